The first-order valence-electron chi connectivity index (χ1n) is 8.06. The van der Waals surface area contributed by atoms with Crippen LogP contribution in [-0.2, 0) is 14.0 Å². The van der Waals surface area contributed by atoms with Crippen molar-refractivity contribution >= 4 is 14.6 Å². The van der Waals surface area contributed by atoms with Gasteiger partial charge >= 0.3 is 0 Å². The average Bonchev–Trinajstić information content (AvgIpc) is 3.15. The number of hydrogen-bond donors (Lipinski definition) is 0. The van der Waals surface area contributed by atoms with Crippen molar-refractivity contribution in [1.82, 2.24) is 0 Å². The van der Waals surface area contributed by atoms with Crippen molar-refractivity contribution in [3.05, 3.63) is 0 Å². The van der Waals surface area contributed by atoms with Crippen LogP contribution in [0.5, 0.6) is 0 Å². The van der Waals surface area contributed by atoms with Gasteiger partial charge in [-0.15, -0.1) is 0 Å². The fourth-order valence-electron chi connectivity index (χ4n) is 4.85. The fourth-order valence-corrected chi connectivity index (χ4v) is 6.36. The third-order valence-corrected chi connectivity index (χ3v) is 6.87. The molecule has 3 fully saturated rings. The fraction of sp³-hybridized carbons (Fsp3) is 0.938. The molecule has 0 amide bonds. The SMILES string of the molecule is C[C@@H]1[C@H]2O[C@H]2[C@]2(O[Si](C)(C)C)CCCC[C@H]2[C@]1(C)C=O. The molecule has 1 heterocycles. The van der Waals surface area contributed by atoms with E-state index in [4.69, 9.17) is 9.16 Å². The lowest BCUT2D eigenvalue weighted by Gasteiger charge is -2.56. The second-order valence-corrected chi connectivity index (χ2v) is 12.7. The van der Waals surface area contributed by atoms with Crippen molar-refractivity contribution in [2.75, 3.05) is 0 Å². The highest BCUT2D eigenvalue weighted by molar-refractivity contribution is 6.69. The van der Waals surface area contributed by atoms with Crippen LogP contribution in [0.3, 0.4) is 0 Å². The summed E-state index contributed by atoms with van der Waals surface area (Å²) in [6, 6.07) is 0. The van der Waals surface area contributed by atoms with Crippen LogP contribution in [0.15, 0.2) is 0 Å². The van der Waals surface area contributed by atoms with Gasteiger partial charge in [-0.05, 0) is 38.4 Å². The Labute approximate surface area is 123 Å². The predicted molar refractivity (Wildman–Crippen MR) is 81.1 cm³/mol. The molecule has 0 bridgehead atoms. The smallest absolute Gasteiger partial charge is 0.184 e. The quantitative estimate of drug-likeness (QED) is 0.455. The zero-order chi connectivity index (χ0) is 14.8. The van der Waals surface area contributed by atoms with Crippen LogP contribution in [0.4, 0.5) is 0 Å². The summed E-state index contributed by atoms with van der Waals surface area (Å²) in [4.78, 5) is 11.9. The molecule has 0 N–H and O–H groups in total. The molecule has 4 heteroatoms. The number of aldehydes is 1. The third kappa shape index (κ3) is 1.95. The Morgan fingerprint density at radius 3 is 2.60 bits per heavy atom. The lowest BCUT2D eigenvalue weighted by molar-refractivity contribution is -0.146. The molecule has 0 aromatic carbocycles. The molecule has 2 saturated carbocycles. The Morgan fingerprint density at radius 2 is 2.00 bits per heavy atom. The minimum absolute atomic E-state index is 0.185. The first kappa shape index (κ1) is 14.7. The molecule has 6 atom stereocenters. The van der Waals surface area contributed by atoms with Crippen molar-refractivity contribution in [1.29, 1.82) is 0 Å². The second kappa shape index (κ2) is 4.40. The highest BCUT2D eigenvalue weighted by Gasteiger charge is 2.71. The number of carbonyl (C=O) groups excluding carboxylic acids is 1. The van der Waals surface area contributed by atoms with Gasteiger partial charge < -0.3 is 14.0 Å². The van der Waals surface area contributed by atoms with E-state index in [1.165, 1.54) is 19.1 Å². The van der Waals surface area contributed by atoms with E-state index in [2.05, 4.69) is 33.5 Å². The number of carbonyl (C=O) groups is 1. The normalized spacial score (nSPS) is 51.0. The maximum atomic E-state index is 11.9. The summed E-state index contributed by atoms with van der Waals surface area (Å²) in [7, 11) is -1.67. The van der Waals surface area contributed by atoms with Gasteiger partial charge in [0, 0.05) is 11.3 Å². The Balaban J connectivity index is 2.03. The monoisotopic (exact) mass is 296 g/mol. The average molecular weight is 296 g/mol. The van der Waals surface area contributed by atoms with Crippen molar-refractivity contribution in [2.24, 2.45) is 17.3 Å². The second-order valence-electron chi connectivity index (χ2n) is 8.26. The highest BCUT2D eigenvalue weighted by atomic mass is 28.4. The van der Waals surface area contributed by atoms with Gasteiger partial charge in [-0.25, -0.2) is 0 Å². The minimum Gasteiger partial charge on any atom is -0.409 e. The molecular formula is C16H28O3Si. The van der Waals surface area contributed by atoms with E-state index < -0.39 is 8.32 Å². The molecule has 0 aromatic rings. The van der Waals surface area contributed by atoms with Crippen molar-refractivity contribution in [3.8, 4) is 0 Å². The minimum atomic E-state index is -1.67. The van der Waals surface area contributed by atoms with Crippen molar-refractivity contribution < 1.29 is 14.0 Å². The lowest BCUT2D eigenvalue weighted by atomic mass is 9.53. The number of ether oxygens (including phenoxy) is 1. The molecule has 0 unspecified atom stereocenters. The van der Waals surface area contributed by atoms with Gasteiger partial charge in [0.2, 0.25) is 0 Å². The Hall–Kier alpha value is -0.193. The largest absolute Gasteiger partial charge is 0.409 e. The van der Waals surface area contributed by atoms with Crippen LogP contribution < -0.4 is 0 Å². The Morgan fingerprint density at radius 1 is 1.30 bits per heavy atom. The van der Waals surface area contributed by atoms with E-state index in [1.807, 2.05) is 0 Å². The zero-order valence-corrected chi connectivity index (χ0v) is 14.4. The van der Waals surface area contributed by atoms with Gasteiger partial charge in [0.25, 0.3) is 0 Å². The van der Waals surface area contributed by atoms with Crippen LogP contribution in [0, 0.1) is 17.3 Å². The molecule has 3 rings (SSSR count). The van der Waals surface area contributed by atoms with Gasteiger partial charge in [0.15, 0.2) is 8.32 Å². The van der Waals surface area contributed by atoms with E-state index in [1.54, 1.807) is 0 Å². The summed E-state index contributed by atoms with van der Waals surface area (Å²) in [6.45, 7) is 11.1. The number of fused-ring (bicyclic) bond motifs is 3. The number of epoxide rings is 1. The van der Waals surface area contributed by atoms with Gasteiger partial charge in [0.05, 0.1) is 11.7 Å². The molecule has 3 aliphatic rings. The lowest BCUT2D eigenvalue weighted by Crippen LogP contribution is -2.63. The maximum Gasteiger partial charge on any atom is 0.184 e. The molecule has 0 radical (unpaired) electrons. The predicted octanol–water partition coefficient (Wildman–Crippen LogP) is 3.39. The molecule has 0 spiro atoms. The van der Waals surface area contributed by atoms with E-state index in [9.17, 15) is 4.79 Å². The van der Waals surface area contributed by atoms with Crippen LogP contribution in [0.1, 0.15) is 39.5 Å². The van der Waals surface area contributed by atoms with Crippen LogP contribution in [0.2, 0.25) is 19.6 Å². The van der Waals surface area contributed by atoms with Crippen molar-refractivity contribution in [2.45, 2.75) is 77.0 Å². The Bertz CT molecular complexity index is 418. The molecule has 1 aliphatic heterocycles. The number of hydrogen-bond acceptors (Lipinski definition) is 3. The zero-order valence-electron chi connectivity index (χ0n) is 13.4. The van der Waals surface area contributed by atoms with Gasteiger partial charge in [-0.1, -0.05) is 26.7 Å². The topological polar surface area (TPSA) is 38.8 Å². The van der Waals surface area contributed by atoms with E-state index >= 15 is 0 Å². The van der Waals surface area contributed by atoms with Gasteiger partial charge in [-0.3, -0.25) is 0 Å². The first-order valence-corrected chi connectivity index (χ1v) is 11.5. The van der Waals surface area contributed by atoms with Gasteiger partial charge in [-0.2, -0.15) is 0 Å². The molecule has 1 saturated heterocycles. The Kier molecular flexibility index (Phi) is 3.24. The van der Waals surface area contributed by atoms with Crippen LogP contribution >= 0.6 is 0 Å². The third-order valence-electron chi connectivity index (χ3n) is 5.88. The van der Waals surface area contributed by atoms with E-state index in [0.29, 0.717) is 11.8 Å². The maximum absolute atomic E-state index is 11.9. The summed E-state index contributed by atoms with van der Waals surface area (Å²) in [5, 5.41) is 0. The molecule has 114 valence electrons. The van der Waals surface area contributed by atoms with Crippen molar-refractivity contribution in [3.63, 3.8) is 0 Å². The summed E-state index contributed by atoms with van der Waals surface area (Å²) in [5.41, 5.74) is -0.479. The first-order chi connectivity index (χ1) is 9.24. The molecule has 0 aromatic heterocycles. The molecule has 20 heavy (non-hydrogen) atoms. The molecule has 2 aliphatic carbocycles. The summed E-state index contributed by atoms with van der Waals surface area (Å²) >= 11 is 0. The van der Waals surface area contributed by atoms with E-state index in [0.717, 1.165) is 12.8 Å². The van der Waals surface area contributed by atoms with Crippen LogP contribution in [-0.4, -0.2) is 32.4 Å². The van der Waals surface area contributed by atoms with E-state index in [-0.39, 0.29) is 23.2 Å². The summed E-state index contributed by atoms with van der Waals surface area (Å²) in [5.74, 6) is 0.637. The highest BCUT2D eigenvalue weighted by Crippen LogP contribution is 2.63. The van der Waals surface area contributed by atoms with Gasteiger partial charge in [0.1, 0.15) is 12.4 Å². The standard InChI is InChI=1S/C16H28O3Si/c1-11-13-14(18-13)16(19-20(3,4)5)9-7-6-8-12(16)15(11,2)10-17/h10-14H,6-9H2,1-5H3/t11-,12+,13-,14-,15-,16+/m1/s1. The molecular weight excluding hydrogens is 268 g/mol. The van der Waals surface area contributed by atoms with Crippen LogP contribution in [0.25, 0.3) is 0 Å². The molecule has 3 nitrogen and oxygen atoms in total. The summed E-state index contributed by atoms with van der Waals surface area (Å²) in [6.07, 6.45) is 6.27. The number of rotatable bonds is 3. The summed E-state index contributed by atoms with van der Waals surface area (Å²) < 4.78 is 12.8.